The summed E-state index contributed by atoms with van der Waals surface area (Å²) in [6.45, 7) is 2.01. The molecule has 2 aromatic rings. The maximum atomic E-state index is 12.9. The number of nitrogens with one attached hydrogen (secondary N) is 1. The number of rotatable bonds is 3. The average molecular weight is 273 g/mol. The summed E-state index contributed by atoms with van der Waals surface area (Å²) in [6, 6.07) is 6.44. The van der Waals surface area contributed by atoms with Crippen molar-refractivity contribution < 1.29 is 13.2 Å². The van der Waals surface area contributed by atoms with Crippen LogP contribution in [0.25, 0.3) is 10.1 Å². The number of thiophene rings is 1. The molecule has 1 unspecified atom stereocenters. The Kier molecular flexibility index (Phi) is 3.64. The number of halogens is 3. The van der Waals surface area contributed by atoms with Gasteiger partial charge >= 0.3 is 6.18 Å². The predicted octanol–water partition coefficient (Wildman–Crippen LogP) is 4.07. The van der Waals surface area contributed by atoms with E-state index in [4.69, 9.17) is 0 Å². The van der Waals surface area contributed by atoms with Gasteiger partial charge in [0, 0.05) is 15.6 Å². The maximum absolute atomic E-state index is 12.9. The van der Waals surface area contributed by atoms with Crippen LogP contribution in [0.15, 0.2) is 24.3 Å². The van der Waals surface area contributed by atoms with Crippen LogP contribution in [0.2, 0.25) is 0 Å². The lowest BCUT2D eigenvalue weighted by atomic mass is 10.1. The lowest BCUT2D eigenvalue weighted by Crippen LogP contribution is -2.22. The van der Waals surface area contributed by atoms with E-state index in [1.807, 2.05) is 20.0 Å². The van der Waals surface area contributed by atoms with E-state index in [1.165, 1.54) is 17.4 Å². The highest BCUT2D eigenvalue weighted by Crippen LogP contribution is 2.38. The molecular formula is C13H14F3NS. The van der Waals surface area contributed by atoms with Crippen molar-refractivity contribution in [2.24, 2.45) is 0 Å². The van der Waals surface area contributed by atoms with E-state index in [0.29, 0.717) is 10.1 Å². The first kappa shape index (κ1) is 13.4. The van der Waals surface area contributed by atoms with Gasteiger partial charge < -0.3 is 5.32 Å². The van der Waals surface area contributed by atoms with E-state index < -0.39 is 11.7 Å². The highest BCUT2D eigenvalue weighted by molar-refractivity contribution is 7.19. The Bertz CT molecular complexity index is 545. The maximum Gasteiger partial charge on any atom is 0.417 e. The van der Waals surface area contributed by atoms with Crippen molar-refractivity contribution in [3.05, 3.63) is 34.7 Å². The van der Waals surface area contributed by atoms with Gasteiger partial charge in [-0.25, -0.2) is 0 Å². The van der Waals surface area contributed by atoms with Crippen molar-refractivity contribution in [3.63, 3.8) is 0 Å². The average Bonchev–Trinajstić information content (AvgIpc) is 2.68. The van der Waals surface area contributed by atoms with Crippen LogP contribution >= 0.6 is 11.3 Å². The molecule has 0 amide bonds. The molecule has 1 atom stereocenters. The molecule has 1 aromatic carbocycles. The summed E-state index contributed by atoms with van der Waals surface area (Å²) in [5.41, 5.74) is -0.534. The molecule has 1 N–H and O–H groups in total. The Morgan fingerprint density at radius 2 is 2.06 bits per heavy atom. The normalized spacial score (nSPS) is 14.1. The SMILES string of the molecule is CNC(C)Cc1cc2cccc(C(F)(F)F)c2s1. The van der Waals surface area contributed by atoms with E-state index in [9.17, 15) is 13.2 Å². The second-order valence-electron chi connectivity index (χ2n) is 4.33. The van der Waals surface area contributed by atoms with Gasteiger partial charge in [-0.05, 0) is 37.9 Å². The standard InChI is InChI=1S/C13H14F3NS/c1-8(17-2)6-10-7-9-4-3-5-11(12(9)18-10)13(14,15)16/h3-5,7-8,17H,6H2,1-2H3. The number of hydrogen-bond donors (Lipinski definition) is 1. The largest absolute Gasteiger partial charge is 0.417 e. The molecule has 18 heavy (non-hydrogen) atoms. The predicted molar refractivity (Wildman–Crippen MR) is 69.1 cm³/mol. The number of hydrogen-bond acceptors (Lipinski definition) is 2. The summed E-state index contributed by atoms with van der Waals surface area (Å²) in [6.07, 6.45) is -3.54. The molecule has 98 valence electrons. The van der Waals surface area contributed by atoms with Gasteiger partial charge in [0.15, 0.2) is 0 Å². The van der Waals surface area contributed by atoms with Gasteiger partial charge in [0.05, 0.1) is 5.56 Å². The minimum absolute atomic E-state index is 0.257. The number of benzene rings is 1. The van der Waals surface area contributed by atoms with Crippen LogP contribution in [0.3, 0.4) is 0 Å². The molecule has 5 heteroatoms. The molecule has 0 saturated carbocycles. The summed E-state index contributed by atoms with van der Waals surface area (Å²) < 4.78 is 38.9. The van der Waals surface area contributed by atoms with E-state index in [-0.39, 0.29) is 6.04 Å². The fourth-order valence-electron chi connectivity index (χ4n) is 1.84. The van der Waals surface area contributed by atoms with Gasteiger partial charge in [-0.15, -0.1) is 11.3 Å². The molecule has 1 aromatic heterocycles. The van der Waals surface area contributed by atoms with Crippen LogP contribution in [0.5, 0.6) is 0 Å². The Balaban J connectivity index is 2.45. The molecule has 1 nitrogen and oxygen atoms in total. The van der Waals surface area contributed by atoms with E-state index in [2.05, 4.69) is 5.32 Å². The smallest absolute Gasteiger partial charge is 0.317 e. The minimum Gasteiger partial charge on any atom is -0.317 e. The third kappa shape index (κ3) is 2.67. The first-order valence-corrected chi connectivity index (χ1v) is 6.49. The quantitative estimate of drug-likeness (QED) is 0.889. The molecule has 0 aliphatic rings. The van der Waals surface area contributed by atoms with Gasteiger partial charge in [0.1, 0.15) is 0 Å². The highest BCUT2D eigenvalue weighted by Gasteiger charge is 2.33. The van der Waals surface area contributed by atoms with Crippen molar-refractivity contribution in [3.8, 4) is 0 Å². The highest BCUT2D eigenvalue weighted by atomic mass is 32.1. The van der Waals surface area contributed by atoms with Crippen LogP contribution in [-0.4, -0.2) is 13.1 Å². The summed E-state index contributed by atoms with van der Waals surface area (Å²) >= 11 is 1.23. The van der Waals surface area contributed by atoms with E-state index in [1.54, 1.807) is 6.07 Å². The van der Waals surface area contributed by atoms with Crippen molar-refractivity contribution >= 4 is 21.4 Å². The molecule has 0 fully saturated rings. The van der Waals surface area contributed by atoms with Crippen molar-refractivity contribution in [1.82, 2.24) is 5.32 Å². The topological polar surface area (TPSA) is 12.0 Å². The van der Waals surface area contributed by atoms with Crippen LogP contribution in [0, 0.1) is 0 Å². The Morgan fingerprint density at radius 1 is 1.33 bits per heavy atom. The lowest BCUT2D eigenvalue weighted by Gasteiger charge is -2.07. The molecule has 0 aliphatic heterocycles. The molecular weight excluding hydrogens is 259 g/mol. The zero-order valence-corrected chi connectivity index (χ0v) is 11.0. The van der Waals surface area contributed by atoms with Crippen LogP contribution < -0.4 is 5.32 Å². The van der Waals surface area contributed by atoms with Gasteiger partial charge in [-0.2, -0.15) is 13.2 Å². The zero-order chi connectivity index (χ0) is 13.3. The second-order valence-corrected chi connectivity index (χ2v) is 5.46. The molecule has 0 aliphatic carbocycles. The molecule has 0 spiro atoms. The molecule has 2 rings (SSSR count). The molecule has 1 heterocycles. The van der Waals surface area contributed by atoms with Gasteiger partial charge in [0.2, 0.25) is 0 Å². The number of likely N-dealkylation sites (N-methyl/N-ethyl adjacent to an activating group) is 1. The van der Waals surface area contributed by atoms with E-state index in [0.717, 1.165) is 17.4 Å². The molecule has 0 saturated heterocycles. The van der Waals surface area contributed by atoms with Crippen molar-refractivity contribution in [2.75, 3.05) is 7.05 Å². The van der Waals surface area contributed by atoms with Crippen LogP contribution in [0.1, 0.15) is 17.4 Å². The monoisotopic (exact) mass is 273 g/mol. The molecule has 0 bridgehead atoms. The Morgan fingerprint density at radius 3 is 2.67 bits per heavy atom. The third-order valence-electron chi connectivity index (χ3n) is 2.90. The Hall–Kier alpha value is -1.07. The first-order valence-electron chi connectivity index (χ1n) is 5.67. The van der Waals surface area contributed by atoms with E-state index >= 15 is 0 Å². The van der Waals surface area contributed by atoms with Crippen molar-refractivity contribution in [1.29, 1.82) is 0 Å². The molecule has 0 radical (unpaired) electrons. The third-order valence-corrected chi connectivity index (χ3v) is 4.11. The fraction of sp³-hybridized carbons (Fsp3) is 0.385. The second kappa shape index (κ2) is 4.90. The van der Waals surface area contributed by atoms with Gasteiger partial charge in [-0.3, -0.25) is 0 Å². The number of alkyl halides is 3. The van der Waals surface area contributed by atoms with Crippen molar-refractivity contribution in [2.45, 2.75) is 25.6 Å². The van der Waals surface area contributed by atoms with Crippen LogP contribution in [-0.2, 0) is 12.6 Å². The van der Waals surface area contributed by atoms with Gasteiger partial charge in [0.25, 0.3) is 0 Å². The number of fused-ring (bicyclic) bond motifs is 1. The summed E-state index contributed by atoms with van der Waals surface area (Å²) in [7, 11) is 1.85. The van der Waals surface area contributed by atoms with Gasteiger partial charge in [-0.1, -0.05) is 12.1 Å². The summed E-state index contributed by atoms with van der Waals surface area (Å²) in [5, 5.41) is 3.76. The lowest BCUT2D eigenvalue weighted by molar-refractivity contribution is -0.136. The zero-order valence-electron chi connectivity index (χ0n) is 10.1. The summed E-state index contributed by atoms with van der Waals surface area (Å²) in [4.78, 5) is 0.976. The summed E-state index contributed by atoms with van der Waals surface area (Å²) in [5.74, 6) is 0. The minimum atomic E-state index is -4.28. The fourth-order valence-corrected chi connectivity index (χ4v) is 3.16. The first-order chi connectivity index (χ1) is 8.41. The van der Waals surface area contributed by atoms with Crippen LogP contribution in [0.4, 0.5) is 13.2 Å². The Labute approximate surface area is 108 Å².